The van der Waals surface area contributed by atoms with Crippen LogP contribution in [-0.4, -0.2) is 54.3 Å². The van der Waals surface area contributed by atoms with Crippen molar-refractivity contribution in [1.29, 1.82) is 0 Å². The van der Waals surface area contributed by atoms with Gasteiger partial charge in [-0.25, -0.2) is 9.97 Å². The van der Waals surface area contributed by atoms with E-state index < -0.39 is 24.0 Å². The number of rotatable bonds is 2. The lowest BCUT2D eigenvalue weighted by atomic mass is 9.96. The third-order valence-electron chi connectivity index (χ3n) is 3.94. The van der Waals surface area contributed by atoms with Gasteiger partial charge in [-0.2, -0.15) is 0 Å². The van der Waals surface area contributed by atoms with E-state index in [9.17, 15) is 15.3 Å². The lowest BCUT2D eigenvalue weighted by molar-refractivity contribution is -0.0948. The average Bonchev–Trinajstić information content (AvgIpc) is 2.87. The molecule has 2 unspecified atom stereocenters. The molecule has 1 aliphatic rings. The van der Waals surface area contributed by atoms with Crippen LogP contribution < -0.4 is 0 Å². The number of fused-ring (bicyclic) bond motifs is 1. The topological polar surface area (TPSA) is 101 Å². The fraction of sp³-hybridized carbons (Fsp3) is 0.538. The Kier molecular flexibility index (Phi) is 3.42. The first-order valence-electron chi connectivity index (χ1n) is 6.52. The van der Waals surface area contributed by atoms with Gasteiger partial charge in [0.1, 0.15) is 34.9 Å². The SMILES string of the molecule is Cc1cn(C2OC(CO)[C@@H](O)[C@]2(C)O)c2ncnc(Cl)c12. The molecule has 2 aromatic heterocycles. The Labute approximate surface area is 125 Å². The Morgan fingerprint density at radius 1 is 1.48 bits per heavy atom. The summed E-state index contributed by atoms with van der Waals surface area (Å²) in [5.41, 5.74) is -0.232. The minimum Gasteiger partial charge on any atom is -0.394 e. The average molecular weight is 314 g/mol. The normalized spacial score (nSPS) is 33.0. The third-order valence-corrected chi connectivity index (χ3v) is 4.23. The van der Waals surface area contributed by atoms with Crippen LogP contribution in [0.5, 0.6) is 0 Å². The molecule has 4 atom stereocenters. The van der Waals surface area contributed by atoms with Crippen molar-refractivity contribution in [2.75, 3.05) is 6.61 Å². The van der Waals surface area contributed by atoms with E-state index in [1.165, 1.54) is 13.3 Å². The van der Waals surface area contributed by atoms with Gasteiger partial charge < -0.3 is 24.6 Å². The van der Waals surface area contributed by atoms with Crippen LogP contribution >= 0.6 is 11.6 Å². The minimum atomic E-state index is -1.57. The van der Waals surface area contributed by atoms with E-state index in [1.807, 2.05) is 6.92 Å². The highest BCUT2D eigenvalue weighted by molar-refractivity contribution is 6.34. The second-order valence-corrected chi connectivity index (χ2v) is 5.82. The van der Waals surface area contributed by atoms with Gasteiger partial charge in [-0.15, -0.1) is 0 Å². The van der Waals surface area contributed by atoms with Crippen molar-refractivity contribution in [2.24, 2.45) is 0 Å². The standard InChI is InChI=1S/C13H16ClN3O4/c1-6-3-17(11-8(6)10(14)15-5-16-11)12-13(2,20)9(19)7(4-18)21-12/h3,5,7,9,12,18-20H,4H2,1-2H3/t7?,9-,12?,13+/m1/s1. The molecule has 2 aromatic rings. The molecule has 1 fully saturated rings. The highest BCUT2D eigenvalue weighted by atomic mass is 35.5. The Hall–Kier alpha value is -1.25. The van der Waals surface area contributed by atoms with Gasteiger partial charge in [0, 0.05) is 6.20 Å². The van der Waals surface area contributed by atoms with Crippen LogP contribution in [0.25, 0.3) is 11.0 Å². The molecule has 3 heterocycles. The molecule has 0 bridgehead atoms. The summed E-state index contributed by atoms with van der Waals surface area (Å²) in [5.74, 6) is 0. The van der Waals surface area contributed by atoms with Crippen LogP contribution in [0.1, 0.15) is 18.7 Å². The number of aliphatic hydroxyl groups is 3. The maximum Gasteiger partial charge on any atom is 0.167 e. The van der Waals surface area contributed by atoms with Gasteiger partial charge >= 0.3 is 0 Å². The summed E-state index contributed by atoms with van der Waals surface area (Å²) in [6.07, 6.45) is 0.107. The molecule has 1 aliphatic heterocycles. The molecule has 3 rings (SSSR count). The maximum atomic E-state index is 10.5. The molecule has 114 valence electrons. The fourth-order valence-corrected chi connectivity index (χ4v) is 3.07. The summed E-state index contributed by atoms with van der Waals surface area (Å²) in [6.45, 7) is 2.92. The lowest BCUT2D eigenvalue weighted by Crippen LogP contribution is -2.44. The zero-order valence-corrected chi connectivity index (χ0v) is 12.3. The van der Waals surface area contributed by atoms with Crippen LogP contribution in [0.15, 0.2) is 12.5 Å². The van der Waals surface area contributed by atoms with E-state index in [0.717, 1.165) is 5.56 Å². The number of aryl methyl sites for hydroxylation is 1. The second-order valence-electron chi connectivity index (χ2n) is 5.46. The summed E-state index contributed by atoms with van der Waals surface area (Å²) in [4.78, 5) is 8.12. The summed E-state index contributed by atoms with van der Waals surface area (Å²) < 4.78 is 7.20. The number of halogens is 1. The summed E-state index contributed by atoms with van der Waals surface area (Å²) >= 11 is 6.08. The Balaban J connectivity index is 2.15. The number of aromatic nitrogens is 3. The van der Waals surface area contributed by atoms with Gasteiger partial charge in [0.25, 0.3) is 0 Å². The summed E-state index contributed by atoms with van der Waals surface area (Å²) in [5, 5.41) is 30.8. The van der Waals surface area contributed by atoms with Crippen LogP contribution in [-0.2, 0) is 4.74 Å². The van der Waals surface area contributed by atoms with E-state index in [4.69, 9.17) is 16.3 Å². The van der Waals surface area contributed by atoms with E-state index >= 15 is 0 Å². The number of hydrogen-bond acceptors (Lipinski definition) is 6. The van der Waals surface area contributed by atoms with Gasteiger partial charge in [0.05, 0.1) is 12.0 Å². The quantitative estimate of drug-likeness (QED) is 0.694. The molecule has 1 saturated heterocycles. The third kappa shape index (κ3) is 2.04. The second kappa shape index (κ2) is 4.89. The zero-order chi connectivity index (χ0) is 15.4. The van der Waals surface area contributed by atoms with Gasteiger partial charge in [-0.1, -0.05) is 11.6 Å². The van der Waals surface area contributed by atoms with Crippen LogP contribution in [0.2, 0.25) is 5.15 Å². The number of ether oxygens (including phenoxy) is 1. The number of aliphatic hydroxyl groups excluding tert-OH is 2. The van der Waals surface area contributed by atoms with E-state index in [1.54, 1.807) is 10.8 Å². The Morgan fingerprint density at radius 2 is 2.19 bits per heavy atom. The monoisotopic (exact) mass is 313 g/mol. The van der Waals surface area contributed by atoms with Crippen molar-refractivity contribution in [2.45, 2.75) is 37.9 Å². The predicted octanol–water partition coefficient (Wildman–Crippen LogP) is 0.395. The van der Waals surface area contributed by atoms with Gasteiger partial charge in [0.2, 0.25) is 0 Å². The van der Waals surface area contributed by atoms with Crippen LogP contribution in [0.4, 0.5) is 0 Å². The molecular formula is C13H16ClN3O4. The minimum absolute atomic E-state index is 0.313. The maximum absolute atomic E-state index is 10.5. The molecule has 0 radical (unpaired) electrons. The van der Waals surface area contributed by atoms with Crippen molar-refractivity contribution in [1.82, 2.24) is 14.5 Å². The highest BCUT2D eigenvalue weighted by Crippen LogP contribution is 2.40. The largest absolute Gasteiger partial charge is 0.394 e. The van der Waals surface area contributed by atoms with Crippen molar-refractivity contribution >= 4 is 22.6 Å². The van der Waals surface area contributed by atoms with Gasteiger partial charge in [-0.3, -0.25) is 0 Å². The molecule has 7 nitrogen and oxygen atoms in total. The molecule has 0 saturated carbocycles. The molecule has 0 amide bonds. The van der Waals surface area contributed by atoms with E-state index in [-0.39, 0.29) is 6.61 Å². The van der Waals surface area contributed by atoms with E-state index in [0.29, 0.717) is 16.2 Å². The summed E-state index contributed by atoms with van der Waals surface area (Å²) in [7, 11) is 0. The zero-order valence-electron chi connectivity index (χ0n) is 11.6. The first-order valence-corrected chi connectivity index (χ1v) is 6.90. The predicted molar refractivity (Wildman–Crippen MR) is 74.9 cm³/mol. The number of nitrogens with zero attached hydrogens (tertiary/aromatic N) is 3. The van der Waals surface area contributed by atoms with Gasteiger partial charge in [-0.05, 0) is 19.4 Å². The lowest BCUT2D eigenvalue weighted by Gasteiger charge is -2.27. The first-order chi connectivity index (χ1) is 9.87. The molecule has 8 heteroatoms. The van der Waals surface area contributed by atoms with Crippen LogP contribution in [0, 0.1) is 6.92 Å². The summed E-state index contributed by atoms with van der Waals surface area (Å²) in [6, 6.07) is 0. The van der Waals surface area contributed by atoms with E-state index in [2.05, 4.69) is 9.97 Å². The molecular weight excluding hydrogens is 298 g/mol. The Bertz CT molecular complexity index is 687. The molecule has 21 heavy (non-hydrogen) atoms. The molecule has 0 spiro atoms. The molecule has 0 aliphatic carbocycles. The molecule has 3 N–H and O–H groups in total. The fourth-order valence-electron chi connectivity index (χ4n) is 2.79. The highest BCUT2D eigenvalue weighted by Gasteiger charge is 2.53. The van der Waals surface area contributed by atoms with Crippen molar-refractivity contribution in [3.8, 4) is 0 Å². The van der Waals surface area contributed by atoms with Crippen molar-refractivity contribution in [3.05, 3.63) is 23.2 Å². The Morgan fingerprint density at radius 3 is 2.81 bits per heavy atom. The first kappa shape index (κ1) is 14.7. The van der Waals surface area contributed by atoms with Crippen molar-refractivity contribution < 1.29 is 20.1 Å². The van der Waals surface area contributed by atoms with Crippen molar-refractivity contribution in [3.63, 3.8) is 0 Å². The van der Waals surface area contributed by atoms with Crippen LogP contribution in [0.3, 0.4) is 0 Å². The van der Waals surface area contributed by atoms with Gasteiger partial charge in [0.15, 0.2) is 6.23 Å². The number of hydrogen-bond donors (Lipinski definition) is 3. The molecule has 0 aromatic carbocycles. The smallest absolute Gasteiger partial charge is 0.167 e.